The van der Waals surface area contributed by atoms with Crippen LogP contribution in [0.15, 0.2) is 0 Å². The Kier molecular flexibility index (Phi) is 5.41. The van der Waals surface area contributed by atoms with Crippen LogP contribution < -0.4 is 0 Å². The summed E-state index contributed by atoms with van der Waals surface area (Å²) >= 11 is 0. The van der Waals surface area contributed by atoms with Gasteiger partial charge >= 0.3 is 0 Å². The molecule has 0 aliphatic carbocycles. The van der Waals surface area contributed by atoms with Crippen LogP contribution in [0.25, 0.3) is 0 Å². The molecule has 16 heavy (non-hydrogen) atoms. The van der Waals surface area contributed by atoms with Crippen LogP contribution >= 0.6 is 0 Å². The number of carbonyl (C=O) groups is 1. The fourth-order valence-corrected chi connectivity index (χ4v) is 3.45. The number of piperidine rings is 1. The van der Waals surface area contributed by atoms with E-state index in [1.807, 2.05) is 6.92 Å². The molecule has 0 aromatic heterocycles. The van der Waals surface area contributed by atoms with Crippen molar-refractivity contribution in [1.29, 1.82) is 0 Å². The second kappa shape index (κ2) is 6.35. The van der Waals surface area contributed by atoms with Crippen molar-refractivity contribution >= 4 is 16.1 Å². The molecule has 1 atom stereocenters. The molecule has 5 heteroatoms. The average Bonchev–Trinajstić information content (AvgIpc) is 2.27. The standard InChI is InChI=1S/C11H21NO3S/c1-2-7-16(14,15)8-6-12-5-3-4-11(9-12)10-13/h10-11H,2-9H2,1H3. The zero-order valence-electron chi connectivity index (χ0n) is 9.89. The van der Waals surface area contributed by atoms with Crippen molar-refractivity contribution in [3.63, 3.8) is 0 Å². The number of hydrogen-bond acceptors (Lipinski definition) is 4. The number of sulfone groups is 1. The molecular weight excluding hydrogens is 226 g/mol. The Balaban J connectivity index is 2.34. The Hall–Kier alpha value is -0.420. The maximum atomic E-state index is 11.5. The quantitative estimate of drug-likeness (QED) is 0.649. The predicted octanol–water partition coefficient (Wildman–Crippen LogP) is 0.722. The van der Waals surface area contributed by atoms with Crippen molar-refractivity contribution in [3.8, 4) is 0 Å². The topological polar surface area (TPSA) is 54.5 Å². The van der Waals surface area contributed by atoms with Crippen LogP contribution in [-0.2, 0) is 14.6 Å². The first-order valence-corrected chi connectivity index (χ1v) is 7.77. The highest BCUT2D eigenvalue weighted by Gasteiger charge is 2.20. The maximum absolute atomic E-state index is 11.5. The maximum Gasteiger partial charge on any atom is 0.151 e. The summed E-state index contributed by atoms with van der Waals surface area (Å²) in [6.07, 6.45) is 3.62. The van der Waals surface area contributed by atoms with Gasteiger partial charge in [-0.15, -0.1) is 0 Å². The van der Waals surface area contributed by atoms with Gasteiger partial charge in [0.15, 0.2) is 9.84 Å². The zero-order chi connectivity index (χ0) is 12.0. The van der Waals surface area contributed by atoms with Gasteiger partial charge in [-0.1, -0.05) is 6.92 Å². The number of rotatable bonds is 6. The molecule has 0 amide bonds. The van der Waals surface area contributed by atoms with E-state index in [1.54, 1.807) is 0 Å². The van der Waals surface area contributed by atoms with Crippen molar-refractivity contribution in [2.24, 2.45) is 5.92 Å². The molecule has 94 valence electrons. The molecule has 0 radical (unpaired) electrons. The molecule has 1 saturated heterocycles. The van der Waals surface area contributed by atoms with Crippen LogP contribution in [0.5, 0.6) is 0 Å². The highest BCUT2D eigenvalue weighted by molar-refractivity contribution is 7.91. The highest BCUT2D eigenvalue weighted by Crippen LogP contribution is 2.14. The summed E-state index contributed by atoms with van der Waals surface area (Å²) in [4.78, 5) is 12.8. The van der Waals surface area contributed by atoms with Crippen LogP contribution in [-0.4, -0.2) is 50.7 Å². The lowest BCUT2D eigenvalue weighted by Crippen LogP contribution is -2.39. The van der Waals surface area contributed by atoms with Crippen molar-refractivity contribution in [1.82, 2.24) is 4.90 Å². The Morgan fingerprint density at radius 3 is 2.75 bits per heavy atom. The molecule has 1 fully saturated rings. The molecule has 0 saturated carbocycles. The van der Waals surface area contributed by atoms with Crippen molar-refractivity contribution in [3.05, 3.63) is 0 Å². The molecular formula is C11H21NO3S. The molecule has 1 heterocycles. The minimum atomic E-state index is -2.89. The molecule has 1 aliphatic heterocycles. The van der Waals surface area contributed by atoms with E-state index < -0.39 is 9.84 Å². The molecule has 0 aromatic carbocycles. The summed E-state index contributed by atoms with van der Waals surface area (Å²) in [5.41, 5.74) is 0. The first kappa shape index (κ1) is 13.6. The Labute approximate surface area is 97.9 Å². The van der Waals surface area contributed by atoms with Crippen LogP contribution in [0.4, 0.5) is 0 Å². The normalized spacial score (nSPS) is 23.2. The third-order valence-corrected chi connectivity index (χ3v) is 4.80. The van der Waals surface area contributed by atoms with E-state index in [2.05, 4.69) is 4.90 Å². The van der Waals surface area contributed by atoms with Gasteiger partial charge in [0.2, 0.25) is 0 Å². The highest BCUT2D eigenvalue weighted by atomic mass is 32.2. The number of nitrogens with zero attached hydrogens (tertiary/aromatic N) is 1. The molecule has 1 aliphatic rings. The third kappa shape index (κ3) is 4.61. The van der Waals surface area contributed by atoms with E-state index in [-0.39, 0.29) is 17.4 Å². The van der Waals surface area contributed by atoms with Crippen LogP contribution in [0.2, 0.25) is 0 Å². The van der Waals surface area contributed by atoms with Crippen molar-refractivity contribution in [2.45, 2.75) is 26.2 Å². The summed E-state index contributed by atoms with van der Waals surface area (Å²) in [6, 6.07) is 0. The lowest BCUT2D eigenvalue weighted by Gasteiger charge is -2.29. The summed E-state index contributed by atoms with van der Waals surface area (Å²) in [5.74, 6) is 0.604. The molecule has 0 spiro atoms. The summed E-state index contributed by atoms with van der Waals surface area (Å²) in [5, 5.41) is 0. The van der Waals surface area contributed by atoms with Gasteiger partial charge in [0.05, 0.1) is 5.75 Å². The van der Waals surface area contributed by atoms with Gasteiger partial charge in [0.1, 0.15) is 6.29 Å². The second-order valence-electron chi connectivity index (χ2n) is 4.49. The van der Waals surface area contributed by atoms with Crippen LogP contribution in [0.3, 0.4) is 0 Å². The van der Waals surface area contributed by atoms with Gasteiger partial charge in [-0.2, -0.15) is 0 Å². The van der Waals surface area contributed by atoms with Crippen molar-refractivity contribution in [2.75, 3.05) is 31.1 Å². The number of carbonyl (C=O) groups excluding carboxylic acids is 1. The Morgan fingerprint density at radius 2 is 2.12 bits per heavy atom. The average molecular weight is 247 g/mol. The van der Waals surface area contributed by atoms with Gasteiger partial charge in [-0.3, -0.25) is 0 Å². The van der Waals surface area contributed by atoms with Crippen LogP contribution in [0, 0.1) is 5.92 Å². The largest absolute Gasteiger partial charge is 0.303 e. The smallest absolute Gasteiger partial charge is 0.151 e. The van der Waals surface area contributed by atoms with E-state index >= 15 is 0 Å². The van der Waals surface area contributed by atoms with Crippen LogP contribution in [0.1, 0.15) is 26.2 Å². The summed E-state index contributed by atoms with van der Waals surface area (Å²) in [7, 11) is -2.89. The SMILES string of the molecule is CCCS(=O)(=O)CCN1CCCC(C=O)C1. The minimum absolute atomic E-state index is 0.0997. The lowest BCUT2D eigenvalue weighted by atomic mass is 10.00. The number of likely N-dealkylation sites (tertiary alicyclic amines) is 1. The fraction of sp³-hybridized carbons (Fsp3) is 0.909. The minimum Gasteiger partial charge on any atom is -0.303 e. The molecule has 1 rings (SSSR count). The fourth-order valence-electron chi connectivity index (χ4n) is 2.09. The van der Waals surface area contributed by atoms with Gasteiger partial charge in [0.25, 0.3) is 0 Å². The predicted molar refractivity (Wildman–Crippen MR) is 64.2 cm³/mol. The van der Waals surface area contributed by atoms with Crippen molar-refractivity contribution < 1.29 is 13.2 Å². The lowest BCUT2D eigenvalue weighted by molar-refractivity contribution is -0.112. The van der Waals surface area contributed by atoms with Gasteiger partial charge < -0.3 is 9.69 Å². The molecule has 0 bridgehead atoms. The Bertz CT molecular complexity index is 313. The second-order valence-corrected chi connectivity index (χ2v) is 6.79. The molecule has 0 N–H and O–H groups in total. The first-order chi connectivity index (χ1) is 7.57. The van der Waals surface area contributed by atoms with E-state index in [9.17, 15) is 13.2 Å². The zero-order valence-corrected chi connectivity index (χ0v) is 10.7. The summed E-state index contributed by atoms with van der Waals surface area (Å²) < 4.78 is 23.1. The Morgan fingerprint density at radius 1 is 1.38 bits per heavy atom. The first-order valence-electron chi connectivity index (χ1n) is 5.95. The number of hydrogen-bond donors (Lipinski definition) is 0. The molecule has 1 unspecified atom stereocenters. The van der Waals surface area contributed by atoms with Gasteiger partial charge in [-0.25, -0.2) is 8.42 Å². The van der Waals surface area contributed by atoms with E-state index in [0.717, 1.165) is 32.2 Å². The number of aldehydes is 1. The molecule has 0 aromatic rings. The third-order valence-electron chi connectivity index (χ3n) is 2.97. The van der Waals surface area contributed by atoms with Gasteiger partial charge in [0, 0.05) is 24.8 Å². The van der Waals surface area contributed by atoms with E-state index in [4.69, 9.17) is 0 Å². The monoisotopic (exact) mass is 247 g/mol. The molecule has 4 nitrogen and oxygen atoms in total. The van der Waals surface area contributed by atoms with E-state index in [0.29, 0.717) is 13.0 Å². The summed E-state index contributed by atoms with van der Waals surface area (Å²) in [6.45, 7) is 4.10. The van der Waals surface area contributed by atoms with E-state index in [1.165, 1.54) is 0 Å². The van der Waals surface area contributed by atoms with Gasteiger partial charge in [-0.05, 0) is 25.8 Å².